The minimum Gasteiger partial charge on any atom is -0.312 e. The van der Waals surface area contributed by atoms with E-state index in [1.54, 1.807) is 6.33 Å². The summed E-state index contributed by atoms with van der Waals surface area (Å²) >= 11 is 0. The standard InChI is InChI=1S/C16H19N5/c1-12(2)7-17-8-13-9-18-16(19-10-13)21-11-20-14-5-3-4-6-15(14)21/h3-6,9-12,17H,7-8H2,1-2H3. The third-order valence-corrected chi connectivity index (χ3v) is 3.24. The molecule has 2 aromatic heterocycles. The van der Waals surface area contributed by atoms with Crippen LogP contribution < -0.4 is 5.32 Å². The lowest BCUT2D eigenvalue weighted by atomic mass is 10.2. The number of imidazole rings is 1. The van der Waals surface area contributed by atoms with E-state index in [0.29, 0.717) is 11.9 Å². The fourth-order valence-electron chi connectivity index (χ4n) is 2.19. The molecule has 108 valence electrons. The molecule has 2 heterocycles. The number of hydrogen-bond donors (Lipinski definition) is 1. The van der Waals surface area contributed by atoms with Crippen molar-refractivity contribution in [3.8, 4) is 5.95 Å². The summed E-state index contributed by atoms with van der Waals surface area (Å²) in [7, 11) is 0. The van der Waals surface area contributed by atoms with E-state index in [1.165, 1.54) is 0 Å². The average Bonchev–Trinajstić information content (AvgIpc) is 2.92. The number of para-hydroxylation sites is 2. The fraction of sp³-hybridized carbons (Fsp3) is 0.312. The van der Waals surface area contributed by atoms with Gasteiger partial charge < -0.3 is 5.32 Å². The summed E-state index contributed by atoms with van der Waals surface area (Å²) in [6, 6.07) is 7.97. The Bertz CT molecular complexity index is 715. The number of aromatic nitrogens is 4. The quantitative estimate of drug-likeness (QED) is 0.781. The first-order chi connectivity index (χ1) is 10.2. The molecule has 0 spiro atoms. The molecular weight excluding hydrogens is 262 g/mol. The van der Waals surface area contributed by atoms with Gasteiger partial charge in [-0.1, -0.05) is 26.0 Å². The van der Waals surface area contributed by atoms with Crippen molar-refractivity contribution in [2.45, 2.75) is 20.4 Å². The van der Waals surface area contributed by atoms with E-state index in [0.717, 1.165) is 29.7 Å². The SMILES string of the molecule is CC(C)CNCc1cnc(-n2cnc3ccccc32)nc1. The molecule has 0 aliphatic heterocycles. The molecule has 0 atom stereocenters. The van der Waals surface area contributed by atoms with Crippen molar-refractivity contribution in [1.29, 1.82) is 0 Å². The van der Waals surface area contributed by atoms with Crippen LogP contribution in [-0.4, -0.2) is 26.1 Å². The van der Waals surface area contributed by atoms with Crippen LogP contribution in [0.1, 0.15) is 19.4 Å². The van der Waals surface area contributed by atoms with E-state index in [2.05, 4.69) is 34.1 Å². The van der Waals surface area contributed by atoms with Gasteiger partial charge in [-0.25, -0.2) is 15.0 Å². The van der Waals surface area contributed by atoms with Crippen molar-refractivity contribution < 1.29 is 0 Å². The minimum absolute atomic E-state index is 0.641. The van der Waals surface area contributed by atoms with Gasteiger partial charge in [0.25, 0.3) is 0 Å². The molecule has 1 N–H and O–H groups in total. The molecule has 0 amide bonds. The summed E-state index contributed by atoms with van der Waals surface area (Å²) in [6.07, 6.45) is 5.49. The van der Waals surface area contributed by atoms with Crippen LogP contribution in [0.5, 0.6) is 0 Å². The van der Waals surface area contributed by atoms with Crippen molar-refractivity contribution in [2.24, 2.45) is 5.92 Å². The van der Waals surface area contributed by atoms with Crippen LogP contribution in [0, 0.1) is 5.92 Å². The number of fused-ring (bicyclic) bond motifs is 1. The summed E-state index contributed by atoms with van der Waals surface area (Å²) in [5.41, 5.74) is 3.05. The Kier molecular flexibility index (Phi) is 3.92. The number of nitrogens with zero attached hydrogens (tertiary/aromatic N) is 4. The summed E-state index contributed by atoms with van der Waals surface area (Å²) in [6.45, 7) is 6.17. The summed E-state index contributed by atoms with van der Waals surface area (Å²) in [5.74, 6) is 1.29. The maximum absolute atomic E-state index is 4.44. The molecular formula is C16H19N5. The molecule has 0 bridgehead atoms. The maximum atomic E-state index is 4.44. The van der Waals surface area contributed by atoms with E-state index in [-0.39, 0.29) is 0 Å². The molecule has 0 aliphatic rings. The molecule has 0 aliphatic carbocycles. The number of nitrogens with one attached hydrogen (secondary N) is 1. The number of hydrogen-bond acceptors (Lipinski definition) is 4. The summed E-state index contributed by atoms with van der Waals surface area (Å²) in [4.78, 5) is 13.2. The van der Waals surface area contributed by atoms with Crippen LogP contribution in [0.3, 0.4) is 0 Å². The second-order valence-corrected chi connectivity index (χ2v) is 5.52. The lowest BCUT2D eigenvalue weighted by molar-refractivity contribution is 0.551. The highest BCUT2D eigenvalue weighted by Crippen LogP contribution is 2.14. The second kappa shape index (κ2) is 6.01. The smallest absolute Gasteiger partial charge is 0.235 e. The fourth-order valence-corrected chi connectivity index (χ4v) is 2.19. The van der Waals surface area contributed by atoms with Gasteiger partial charge in [-0.2, -0.15) is 0 Å². The Morgan fingerprint density at radius 2 is 1.86 bits per heavy atom. The summed E-state index contributed by atoms with van der Waals surface area (Å²) in [5, 5.41) is 3.39. The molecule has 1 aromatic carbocycles. The second-order valence-electron chi connectivity index (χ2n) is 5.52. The predicted octanol–water partition coefficient (Wildman–Crippen LogP) is 2.56. The van der Waals surface area contributed by atoms with Crippen LogP contribution in [0.25, 0.3) is 17.0 Å². The lowest BCUT2D eigenvalue weighted by Gasteiger charge is -2.07. The van der Waals surface area contributed by atoms with Gasteiger partial charge in [0, 0.05) is 24.5 Å². The Balaban J connectivity index is 1.78. The number of benzene rings is 1. The monoisotopic (exact) mass is 281 g/mol. The molecule has 0 fully saturated rings. The zero-order valence-corrected chi connectivity index (χ0v) is 12.3. The van der Waals surface area contributed by atoms with Gasteiger partial charge in [-0.05, 0) is 24.6 Å². The molecule has 0 unspecified atom stereocenters. The lowest BCUT2D eigenvalue weighted by Crippen LogP contribution is -2.19. The van der Waals surface area contributed by atoms with Crippen LogP contribution in [0.15, 0.2) is 43.0 Å². The first kappa shape index (κ1) is 13.7. The first-order valence-corrected chi connectivity index (χ1v) is 7.18. The minimum atomic E-state index is 0.641. The topological polar surface area (TPSA) is 55.6 Å². The van der Waals surface area contributed by atoms with E-state index in [4.69, 9.17) is 0 Å². The average molecular weight is 281 g/mol. The first-order valence-electron chi connectivity index (χ1n) is 7.18. The van der Waals surface area contributed by atoms with Crippen molar-refractivity contribution in [3.63, 3.8) is 0 Å². The molecule has 0 saturated carbocycles. The zero-order valence-electron chi connectivity index (χ0n) is 12.3. The molecule has 5 heteroatoms. The van der Waals surface area contributed by atoms with Crippen LogP contribution in [0.4, 0.5) is 0 Å². The van der Waals surface area contributed by atoms with Crippen LogP contribution >= 0.6 is 0 Å². The third kappa shape index (κ3) is 3.08. The molecule has 3 aromatic rings. The predicted molar refractivity (Wildman–Crippen MR) is 83.2 cm³/mol. The van der Waals surface area contributed by atoms with Crippen LogP contribution in [-0.2, 0) is 6.54 Å². The van der Waals surface area contributed by atoms with E-state index < -0.39 is 0 Å². The van der Waals surface area contributed by atoms with E-state index >= 15 is 0 Å². The van der Waals surface area contributed by atoms with Gasteiger partial charge in [-0.15, -0.1) is 0 Å². The molecule has 0 radical (unpaired) electrons. The van der Waals surface area contributed by atoms with Crippen molar-refractivity contribution in [3.05, 3.63) is 48.5 Å². The van der Waals surface area contributed by atoms with Gasteiger partial charge in [0.15, 0.2) is 0 Å². The van der Waals surface area contributed by atoms with Crippen molar-refractivity contribution in [1.82, 2.24) is 24.8 Å². The van der Waals surface area contributed by atoms with Crippen molar-refractivity contribution in [2.75, 3.05) is 6.54 Å². The Hall–Kier alpha value is -2.27. The Morgan fingerprint density at radius 3 is 2.62 bits per heavy atom. The van der Waals surface area contributed by atoms with Crippen LogP contribution in [0.2, 0.25) is 0 Å². The highest BCUT2D eigenvalue weighted by atomic mass is 15.2. The highest BCUT2D eigenvalue weighted by Gasteiger charge is 2.06. The van der Waals surface area contributed by atoms with E-state index in [9.17, 15) is 0 Å². The Labute approximate surface area is 124 Å². The molecule has 5 nitrogen and oxygen atoms in total. The normalized spacial score (nSPS) is 11.4. The third-order valence-electron chi connectivity index (χ3n) is 3.24. The Morgan fingerprint density at radius 1 is 1.10 bits per heavy atom. The van der Waals surface area contributed by atoms with Crippen molar-refractivity contribution >= 4 is 11.0 Å². The van der Waals surface area contributed by atoms with Gasteiger partial charge in [0.2, 0.25) is 5.95 Å². The van der Waals surface area contributed by atoms with Gasteiger partial charge in [-0.3, -0.25) is 4.57 Å². The summed E-state index contributed by atoms with van der Waals surface area (Å²) < 4.78 is 1.90. The molecule has 21 heavy (non-hydrogen) atoms. The van der Waals surface area contributed by atoms with Gasteiger partial charge in [0.1, 0.15) is 6.33 Å². The largest absolute Gasteiger partial charge is 0.312 e. The molecule has 3 rings (SSSR count). The zero-order chi connectivity index (χ0) is 14.7. The highest BCUT2D eigenvalue weighted by molar-refractivity contribution is 5.76. The van der Waals surface area contributed by atoms with Gasteiger partial charge in [0.05, 0.1) is 11.0 Å². The number of rotatable bonds is 5. The molecule has 0 saturated heterocycles. The maximum Gasteiger partial charge on any atom is 0.235 e. The van der Waals surface area contributed by atoms with Gasteiger partial charge >= 0.3 is 0 Å². The van der Waals surface area contributed by atoms with E-state index in [1.807, 2.05) is 41.2 Å².